The summed E-state index contributed by atoms with van der Waals surface area (Å²) in [4.78, 5) is 14.8. The first-order valence-electron chi connectivity index (χ1n) is 9.07. The number of amides is 1. The van der Waals surface area contributed by atoms with Crippen molar-refractivity contribution in [2.45, 2.75) is 78.2 Å². The van der Waals surface area contributed by atoms with Crippen molar-refractivity contribution in [1.82, 2.24) is 4.90 Å². The van der Waals surface area contributed by atoms with Gasteiger partial charge in [-0.15, -0.1) is 0 Å². The number of rotatable bonds is 6. The van der Waals surface area contributed by atoms with Gasteiger partial charge in [-0.05, 0) is 56.9 Å². The molecule has 0 aliphatic heterocycles. The monoisotopic (exact) mass is 301 g/mol. The maximum Gasteiger partial charge on any atom is 0.227 e. The molecule has 2 unspecified atom stereocenters. The Bertz CT molecular complexity index is 472. The Kier molecular flexibility index (Phi) is 6.48. The summed E-state index contributed by atoms with van der Waals surface area (Å²) in [6.07, 6.45) is 17.4. The van der Waals surface area contributed by atoms with Gasteiger partial charge in [-0.3, -0.25) is 4.79 Å². The van der Waals surface area contributed by atoms with E-state index in [1.807, 2.05) is 0 Å². The minimum Gasteiger partial charge on any atom is -0.309 e. The number of hydrogen-bond acceptors (Lipinski definition) is 1. The van der Waals surface area contributed by atoms with Crippen LogP contribution in [0.3, 0.4) is 0 Å². The molecule has 0 fully saturated rings. The predicted octanol–water partition coefficient (Wildman–Crippen LogP) is 5.37. The van der Waals surface area contributed by atoms with Gasteiger partial charge in [-0.1, -0.05) is 44.6 Å². The summed E-state index contributed by atoms with van der Waals surface area (Å²) in [6, 6.07) is 0.350. The van der Waals surface area contributed by atoms with Crippen LogP contribution in [0.1, 0.15) is 72.1 Å². The number of hydrogen-bond donors (Lipinski definition) is 0. The smallest absolute Gasteiger partial charge is 0.227 e. The van der Waals surface area contributed by atoms with Gasteiger partial charge in [-0.2, -0.15) is 0 Å². The van der Waals surface area contributed by atoms with E-state index < -0.39 is 0 Å². The maximum absolute atomic E-state index is 12.7. The second-order valence-electron chi connectivity index (χ2n) is 6.55. The first-order valence-corrected chi connectivity index (χ1v) is 9.07. The number of nitrogens with zero attached hydrogens (tertiary/aromatic N) is 1. The summed E-state index contributed by atoms with van der Waals surface area (Å²) in [7, 11) is 0. The number of carbonyl (C=O) groups excluding carboxylic acids is 1. The molecule has 0 N–H and O–H groups in total. The van der Waals surface area contributed by atoms with E-state index in [4.69, 9.17) is 0 Å². The molecule has 122 valence electrons. The second kappa shape index (κ2) is 8.36. The van der Waals surface area contributed by atoms with Gasteiger partial charge >= 0.3 is 0 Å². The summed E-state index contributed by atoms with van der Waals surface area (Å²) in [5.41, 5.74) is 2.69. The molecule has 22 heavy (non-hydrogen) atoms. The van der Waals surface area contributed by atoms with Gasteiger partial charge in [0.25, 0.3) is 0 Å². The van der Waals surface area contributed by atoms with Crippen LogP contribution < -0.4 is 0 Å². The van der Waals surface area contributed by atoms with Crippen LogP contribution >= 0.6 is 0 Å². The van der Waals surface area contributed by atoms with Crippen LogP contribution in [0.4, 0.5) is 0 Å². The van der Waals surface area contributed by atoms with Crippen LogP contribution in [-0.2, 0) is 4.79 Å². The highest BCUT2D eigenvalue weighted by Crippen LogP contribution is 2.30. The zero-order chi connectivity index (χ0) is 15.9. The summed E-state index contributed by atoms with van der Waals surface area (Å²) >= 11 is 0. The Morgan fingerprint density at radius 1 is 1.23 bits per heavy atom. The molecule has 0 heterocycles. The molecule has 2 heteroatoms. The quantitative estimate of drug-likeness (QED) is 0.604. The summed E-state index contributed by atoms with van der Waals surface area (Å²) in [5.74, 6) is 0.941. The maximum atomic E-state index is 12.7. The molecule has 0 aromatic heterocycles. The van der Waals surface area contributed by atoms with Gasteiger partial charge in [0.1, 0.15) is 0 Å². The zero-order valence-corrected chi connectivity index (χ0v) is 14.5. The van der Waals surface area contributed by atoms with Crippen molar-refractivity contribution in [2.75, 3.05) is 0 Å². The largest absolute Gasteiger partial charge is 0.309 e. The zero-order valence-electron chi connectivity index (χ0n) is 14.5. The Balaban J connectivity index is 2.14. The number of allylic oxidation sites excluding steroid dienone is 4. The highest BCUT2D eigenvalue weighted by Gasteiger charge is 2.27. The van der Waals surface area contributed by atoms with Crippen molar-refractivity contribution >= 4 is 5.91 Å². The minimum absolute atomic E-state index is 0.298. The molecule has 2 atom stereocenters. The fourth-order valence-corrected chi connectivity index (χ4v) is 3.46. The van der Waals surface area contributed by atoms with E-state index in [1.165, 1.54) is 6.42 Å². The van der Waals surface area contributed by atoms with E-state index >= 15 is 0 Å². The van der Waals surface area contributed by atoms with Gasteiger partial charge in [-0.25, -0.2) is 0 Å². The average molecular weight is 301 g/mol. The third kappa shape index (κ3) is 4.12. The summed E-state index contributed by atoms with van der Waals surface area (Å²) in [5, 5.41) is 0. The standard InChI is InChI=1S/C20H31NO/c1-4-7-20(22)21(18-12-8-16(5-2)9-13-18)19-14-10-17(6-3)11-15-19/h8,10,12-13,16,19H,4-7,9,11,14-15H2,1-3H3. The highest BCUT2D eigenvalue weighted by atomic mass is 16.2. The van der Waals surface area contributed by atoms with Crippen molar-refractivity contribution in [3.63, 3.8) is 0 Å². The lowest BCUT2D eigenvalue weighted by Gasteiger charge is -2.36. The molecular weight excluding hydrogens is 270 g/mol. The van der Waals surface area contributed by atoms with Crippen molar-refractivity contribution in [1.29, 1.82) is 0 Å². The fraction of sp³-hybridized carbons (Fsp3) is 0.650. The lowest BCUT2D eigenvalue weighted by Crippen LogP contribution is -2.40. The molecule has 0 bridgehead atoms. The van der Waals surface area contributed by atoms with Gasteiger partial charge in [0.15, 0.2) is 0 Å². The van der Waals surface area contributed by atoms with Crippen LogP contribution in [0.2, 0.25) is 0 Å². The lowest BCUT2D eigenvalue weighted by atomic mass is 9.90. The van der Waals surface area contributed by atoms with Crippen LogP contribution in [-0.4, -0.2) is 16.8 Å². The molecule has 2 aliphatic rings. The van der Waals surface area contributed by atoms with Gasteiger partial charge in [0.05, 0.1) is 0 Å². The molecule has 2 nitrogen and oxygen atoms in total. The molecule has 0 spiro atoms. The SMILES string of the molecule is CCCC(=O)N(C1=CCC(CC)C=C1)C1CC=C(CC)CC1. The van der Waals surface area contributed by atoms with E-state index in [1.54, 1.807) is 5.57 Å². The fourth-order valence-electron chi connectivity index (χ4n) is 3.46. The lowest BCUT2D eigenvalue weighted by molar-refractivity contribution is -0.131. The number of carbonyl (C=O) groups is 1. The average Bonchev–Trinajstić information content (AvgIpc) is 2.56. The van der Waals surface area contributed by atoms with Crippen molar-refractivity contribution in [3.05, 3.63) is 35.6 Å². The molecule has 0 saturated heterocycles. The van der Waals surface area contributed by atoms with E-state index in [0.29, 0.717) is 24.3 Å². The predicted molar refractivity (Wildman–Crippen MR) is 93.4 cm³/mol. The third-order valence-electron chi connectivity index (χ3n) is 5.00. The van der Waals surface area contributed by atoms with Crippen LogP contribution in [0.25, 0.3) is 0 Å². The highest BCUT2D eigenvalue weighted by molar-refractivity contribution is 5.79. The third-order valence-corrected chi connectivity index (χ3v) is 5.00. The van der Waals surface area contributed by atoms with Crippen LogP contribution in [0, 0.1) is 5.92 Å². The van der Waals surface area contributed by atoms with E-state index in [9.17, 15) is 4.79 Å². The molecule has 0 aromatic rings. The topological polar surface area (TPSA) is 20.3 Å². The molecule has 2 aliphatic carbocycles. The van der Waals surface area contributed by atoms with Crippen molar-refractivity contribution < 1.29 is 4.79 Å². The molecule has 0 aromatic carbocycles. The first kappa shape index (κ1) is 17.1. The Morgan fingerprint density at radius 3 is 2.55 bits per heavy atom. The van der Waals surface area contributed by atoms with Crippen LogP contribution in [0.15, 0.2) is 35.6 Å². The van der Waals surface area contributed by atoms with Crippen LogP contribution in [0.5, 0.6) is 0 Å². The normalized spacial score (nSPS) is 24.7. The first-order chi connectivity index (χ1) is 10.7. The van der Waals surface area contributed by atoms with Gasteiger partial charge in [0, 0.05) is 18.2 Å². The Hall–Kier alpha value is -1.31. The van der Waals surface area contributed by atoms with E-state index in [0.717, 1.165) is 44.2 Å². The molecule has 0 saturated carbocycles. The second-order valence-corrected chi connectivity index (χ2v) is 6.55. The van der Waals surface area contributed by atoms with Crippen molar-refractivity contribution in [2.24, 2.45) is 5.92 Å². The van der Waals surface area contributed by atoms with Crippen molar-refractivity contribution in [3.8, 4) is 0 Å². The minimum atomic E-state index is 0.298. The summed E-state index contributed by atoms with van der Waals surface area (Å²) in [6.45, 7) is 6.54. The molecule has 1 amide bonds. The Labute approximate surface area is 136 Å². The van der Waals surface area contributed by atoms with E-state index in [2.05, 4.69) is 50.0 Å². The summed E-state index contributed by atoms with van der Waals surface area (Å²) < 4.78 is 0. The molecular formula is C20H31NO. The van der Waals surface area contributed by atoms with Gasteiger partial charge < -0.3 is 4.90 Å². The molecule has 0 radical (unpaired) electrons. The van der Waals surface area contributed by atoms with Gasteiger partial charge in [0.2, 0.25) is 5.91 Å². The Morgan fingerprint density at radius 2 is 2.05 bits per heavy atom. The van der Waals surface area contributed by atoms with E-state index in [-0.39, 0.29) is 0 Å². The molecule has 2 rings (SSSR count).